The first-order valence-corrected chi connectivity index (χ1v) is 5.51. The molecule has 0 aromatic heterocycles. The van der Waals surface area contributed by atoms with Gasteiger partial charge < -0.3 is 5.32 Å². The topological polar surface area (TPSA) is 12.0 Å². The summed E-state index contributed by atoms with van der Waals surface area (Å²) in [6, 6.07) is 10.7. The summed E-state index contributed by atoms with van der Waals surface area (Å²) in [6.07, 6.45) is 7.96. The molecule has 1 aromatic rings. The van der Waals surface area contributed by atoms with Gasteiger partial charge in [0.1, 0.15) is 0 Å². The van der Waals surface area contributed by atoms with E-state index >= 15 is 0 Å². The summed E-state index contributed by atoms with van der Waals surface area (Å²) >= 11 is 0. The van der Waals surface area contributed by atoms with Gasteiger partial charge in [-0.25, -0.2) is 0 Å². The van der Waals surface area contributed by atoms with Gasteiger partial charge in [-0.15, -0.1) is 0 Å². The number of rotatable bonds is 5. The first-order valence-electron chi connectivity index (χ1n) is 5.51. The van der Waals surface area contributed by atoms with Gasteiger partial charge in [-0.05, 0) is 25.1 Å². The van der Waals surface area contributed by atoms with Gasteiger partial charge in [0.05, 0.1) is 6.04 Å². The van der Waals surface area contributed by atoms with Crippen molar-refractivity contribution in [2.24, 2.45) is 0 Å². The smallest absolute Gasteiger partial charge is 0.0571 e. The minimum absolute atomic E-state index is 0.238. The van der Waals surface area contributed by atoms with Crippen LogP contribution in [-0.4, -0.2) is 7.05 Å². The van der Waals surface area contributed by atoms with Gasteiger partial charge in [0.15, 0.2) is 0 Å². The highest BCUT2D eigenvalue weighted by Crippen LogP contribution is 2.21. The van der Waals surface area contributed by atoms with E-state index in [1.165, 1.54) is 11.1 Å². The van der Waals surface area contributed by atoms with E-state index in [0.29, 0.717) is 0 Å². The highest BCUT2D eigenvalue weighted by molar-refractivity contribution is 5.34. The summed E-state index contributed by atoms with van der Waals surface area (Å²) in [4.78, 5) is 0. The molecule has 0 spiro atoms. The molecule has 1 rings (SSSR count). The van der Waals surface area contributed by atoms with Gasteiger partial charge in [0.25, 0.3) is 0 Å². The number of benzene rings is 1. The van der Waals surface area contributed by atoms with E-state index < -0.39 is 0 Å². The molecule has 0 bridgehead atoms. The molecule has 0 aliphatic carbocycles. The zero-order valence-electron chi connectivity index (χ0n) is 9.98. The van der Waals surface area contributed by atoms with E-state index in [4.69, 9.17) is 0 Å². The molecule has 1 unspecified atom stereocenters. The molecular weight excluding hydrogens is 194 g/mol. The largest absolute Gasteiger partial charge is 0.309 e. The second-order valence-electron chi connectivity index (χ2n) is 3.52. The lowest BCUT2D eigenvalue weighted by molar-refractivity contribution is 0.689. The van der Waals surface area contributed by atoms with Crippen LogP contribution in [0.1, 0.15) is 18.5 Å². The van der Waals surface area contributed by atoms with Crippen molar-refractivity contribution in [1.29, 1.82) is 0 Å². The van der Waals surface area contributed by atoms with E-state index in [2.05, 4.69) is 55.2 Å². The Morgan fingerprint density at radius 3 is 2.50 bits per heavy atom. The van der Waals surface area contributed by atoms with Crippen LogP contribution < -0.4 is 5.32 Å². The Morgan fingerprint density at radius 1 is 1.31 bits per heavy atom. The van der Waals surface area contributed by atoms with Crippen LogP contribution in [0.25, 0.3) is 0 Å². The molecular formula is C15H19N. The second-order valence-corrected chi connectivity index (χ2v) is 3.52. The van der Waals surface area contributed by atoms with Crippen molar-refractivity contribution >= 4 is 0 Å². The molecule has 1 atom stereocenters. The van der Waals surface area contributed by atoms with Crippen molar-refractivity contribution in [3.05, 3.63) is 72.4 Å². The molecule has 0 aliphatic rings. The molecule has 0 fully saturated rings. The Morgan fingerprint density at radius 2 is 2.00 bits per heavy atom. The zero-order chi connectivity index (χ0) is 11.8. The molecule has 84 valence electrons. The third kappa shape index (κ3) is 3.21. The van der Waals surface area contributed by atoms with Crippen LogP contribution in [0.4, 0.5) is 0 Å². The molecule has 1 aromatic carbocycles. The predicted molar refractivity (Wildman–Crippen MR) is 71.3 cm³/mol. The van der Waals surface area contributed by atoms with Gasteiger partial charge in [-0.3, -0.25) is 0 Å². The van der Waals surface area contributed by atoms with E-state index in [0.717, 1.165) is 0 Å². The van der Waals surface area contributed by atoms with Crippen LogP contribution in [-0.2, 0) is 0 Å². The molecule has 0 saturated carbocycles. The zero-order valence-corrected chi connectivity index (χ0v) is 9.98. The first kappa shape index (κ1) is 12.5. The van der Waals surface area contributed by atoms with Gasteiger partial charge in [-0.2, -0.15) is 0 Å². The lowest BCUT2D eigenvalue weighted by Gasteiger charge is -2.17. The summed E-state index contributed by atoms with van der Waals surface area (Å²) in [5.74, 6) is 0. The summed E-state index contributed by atoms with van der Waals surface area (Å²) in [6.45, 7) is 5.74. The van der Waals surface area contributed by atoms with Crippen LogP contribution >= 0.6 is 0 Å². The van der Waals surface area contributed by atoms with Crippen molar-refractivity contribution in [3.8, 4) is 0 Å². The predicted octanol–water partition coefficient (Wildman–Crippen LogP) is 3.64. The van der Waals surface area contributed by atoms with Crippen LogP contribution in [0.2, 0.25) is 0 Å². The normalized spacial score (nSPS) is 14.0. The maximum Gasteiger partial charge on any atom is 0.0571 e. The summed E-state index contributed by atoms with van der Waals surface area (Å²) in [7, 11) is 1.98. The van der Waals surface area contributed by atoms with Crippen molar-refractivity contribution < 1.29 is 0 Å². The third-order valence-electron chi connectivity index (χ3n) is 2.51. The van der Waals surface area contributed by atoms with Crippen LogP contribution in [0.3, 0.4) is 0 Å². The van der Waals surface area contributed by atoms with Crippen molar-refractivity contribution in [2.75, 3.05) is 7.05 Å². The number of hydrogen-bond acceptors (Lipinski definition) is 1. The number of likely N-dealkylation sites (N-methyl/N-ethyl adjacent to an activating group) is 1. The molecule has 1 heteroatoms. The van der Waals surface area contributed by atoms with Crippen molar-refractivity contribution in [2.45, 2.75) is 13.0 Å². The average Bonchev–Trinajstić information content (AvgIpc) is 2.35. The lowest BCUT2D eigenvalue weighted by atomic mass is 9.98. The standard InChI is InChI=1S/C15H19N/c1-4-6-10-13(5-2)15(16-3)14-11-8-7-9-12-14/h4-12,15-16H,1H2,2-3H3/b10-6-,13-5+. The molecule has 0 radical (unpaired) electrons. The summed E-state index contributed by atoms with van der Waals surface area (Å²) in [5.41, 5.74) is 2.51. The summed E-state index contributed by atoms with van der Waals surface area (Å²) < 4.78 is 0. The lowest BCUT2D eigenvalue weighted by Crippen LogP contribution is -2.17. The van der Waals surface area contributed by atoms with Gasteiger partial charge in [0.2, 0.25) is 0 Å². The molecule has 0 saturated heterocycles. The van der Waals surface area contributed by atoms with Crippen molar-refractivity contribution in [1.82, 2.24) is 5.32 Å². The van der Waals surface area contributed by atoms with E-state index in [1.807, 2.05) is 19.2 Å². The minimum Gasteiger partial charge on any atom is -0.309 e. The fourth-order valence-electron chi connectivity index (χ4n) is 1.71. The molecule has 1 N–H and O–H groups in total. The fourth-order valence-corrected chi connectivity index (χ4v) is 1.71. The highest BCUT2D eigenvalue weighted by atomic mass is 14.9. The Labute approximate surface area is 98.2 Å². The average molecular weight is 213 g/mol. The Kier molecular flexibility index (Phi) is 5.30. The van der Waals surface area contributed by atoms with Gasteiger partial charge >= 0.3 is 0 Å². The minimum atomic E-state index is 0.238. The molecule has 1 nitrogen and oxygen atoms in total. The van der Waals surface area contributed by atoms with Crippen molar-refractivity contribution in [3.63, 3.8) is 0 Å². The second kappa shape index (κ2) is 6.81. The Hall–Kier alpha value is -1.60. The third-order valence-corrected chi connectivity index (χ3v) is 2.51. The maximum absolute atomic E-state index is 3.69. The van der Waals surface area contributed by atoms with E-state index in [-0.39, 0.29) is 6.04 Å². The number of allylic oxidation sites excluding steroid dienone is 3. The number of nitrogens with one attached hydrogen (secondary N) is 1. The molecule has 0 aliphatic heterocycles. The van der Waals surface area contributed by atoms with Crippen LogP contribution in [0.15, 0.2) is 66.8 Å². The van der Waals surface area contributed by atoms with Crippen LogP contribution in [0, 0.1) is 0 Å². The molecule has 0 heterocycles. The maximum atomic E-state index is 3.69. The van der Waals surface area contributed by atoms with Crippen LogP contribution in [0.5, 0.6) is 0 Å². The van der Waals surface area contributed by atoms with E-state index in [1.54, 1.807) is 6.08 Å². The SMILES string of the molecule is C=C/C=C\C(=C/C)C(NC)c1ccccc1. The van der Waals surface area contributed by atoms with Gasteiger partial charge in [-0.1, -0.05) is 61.2 Å². The monoisotopic (exact) mass is 213 g/mol. The quantitative estimate of drug-likeness (QED) is 0.736. The fraction of sp³-hybridized carbons (Fsp3) is 0.200. The van der Waals surface area contributed by atoms with Gasteiger partial charge in [0, 0.05) is 0 Å². The molecule has 0 amide bonds. The molecule has 16 heavy (non-hydrogen) atoms. The Balaban J connectivity index is 2.97. The highest BCUT2D eigenvalue weighted by Gasteiger charge is 2.10. The first-order chi connectivity index (χ1) is 7.83. The Bertz CT molecular complexity index is 374. The number of hydrogen-bond donors (Lipinski definition) is 1. The summed E-state index contributed by atoms with van der Waals surface area (Å²) in [5, 5.41) is 3.32. The van der Waals surface area contributed by atoms with E-state index in [9.17, 15) is 0 Å².